The molecule has 1 aliphatic heterocycles. The third-order valence-electron chi connectivity index (χ3n) is 8.63. The second-order valence-corrected chi connectivity index (χ2v) is 12.3. The molecule has 6 rings (SSSR count). The lowest BCUT2D eigenvalue weighted by Gasteiger charge is -2.25. The maximum absolute atomic E-state index is 15.6. The van der Waals surface area contributed by atoms with Crippen LogP contribution in [0.2, 0.25) is 5.02 Å². The van der Waals surface area contributed by atoms with E-state index >= 15 is 4.39 Å². The highest BCUT2D eigenvalue weighted by atomic mass is 35.5. The Labute approximate surface area is 287 Å². The Morgan fingerprint density at radius 1 is 1.16 bits per heavy atom. The van der Waals surface area contributed by atoms with Crippen LogP contribution in [0.15, 0.2) is 60.7 Å². The summed E-state index contributed by atoms with van der Waals surface area (Å²) >= 11 is 6.75. The first-order valence-corrected chi connectivity index (χ1v) is 15.8. The standard InChI is InChI=1S/C37H31ClFN3O7/c1-37(20-43,36(44)45)42-18-23-15-29(38)33(16-32(23)48-19-22-12-21(17-40)13-24(14-22)41-2)49-30-8-6-26-25(4-3-5-27(26)30)28-7-9-31-35(34(28)39)47-11-10-46-31/h3-5,7,9,12-16,30,42-43H,6,8,10-11,18-20H2,1H3,(H,44,45)/t30-,37-/m0/s1. The van der Waals surface area contributed by atoms with E-state index in [1.165, 1.54) is 13.0 Å². The summed E-state index contributed by atoms with van der Waals surface area (Å²) in [6.07, 6.45) is 0.811. The second-order valence-electron chi connectivity index (χ2n) is 11.9. The first-order valence-electron chi connectivity index (χ1n) is 15.5. The third kappa shape index (κ3) is 6.83. The van der Waals surface area contributed by atoms with Gasteiger partial charge < -0.3 is 29.2 Å². The topological polar surface area (TPSA) is 135 Å². The van der Waals surface area contributed by atoms with Crippen molar-refractivity contribution in [1.29, 1.82) is 5.26 Å². The highest BCUT2D eigenvalue weighted by Crippen LogP contribution is 2.45. The fourth-order valence-electron chi connectivity index (χ4n) is 5.91. The quantitative estimate of drug-likeness (QED) is 0.144. The van der Waals surface area contributed by atoms with Gasteiger partial charge in [0.2, 0.25) is 0 Å². The molecule has 4 aromatic carbocycles. The number of halogens is 2. The van der Waals surface area contributed by atoms with E-state index in [9.17, 15) is 20.3 Å². The average molecular weight is 684 g/mol. The molecule has 4 aromatic rings. The van der Waals surface area contributed by atoms with Crippen LogP contribution in [0.4, 0.5) is 10.1 Å². The van der Waals surface area contributed by atoms with E-state index < -0.39 is 30.0 Å². The van der Waals surface area contributed by atoms with E-state index in [0.717, 1.165) is 16.7 Å². The molecule has 12 heteroatoms. The Kier molecular flexibility index (Phi) is 9.61. The van der Waals surface area contributed by atoms with Crippen LogP contribution in [-0.2, 0) is 24.4 Å². The van der Waals surface area contributed by atoms with Crippen molar-refractivity contribution in [1.82, 2.24) is 5.32 Å². The Hall–Kier alpha value is -5.33. The third-order valence-corrected chi connectivity index (χ3v) is 8.92. The summed E-state index contributed by atoms with van der Waals surface area (Å²) in [7, 11) is 0. The van der Waals surface area contributed by atoms with Crippen LogP contribution in [0, 0.1) is 23.7 Å². The summed E-state index contributed by atoms with van der Waals surface area (Å²) in [4.78, 5) is 15.2. The molecule has 0 radical (unpaired) electrons. The van der Waals surface area contributed by atoms with Gasteiger partial charge in [-0.2, -0.15) is 5.26 Å². The van der Waals surface area contributed by atoms with Crippen molar-refractivity contribution in [3.63, 3.8) is 0 Å². The molecule has 2 aliphatic rings. The molecular formula is C37H31ClFN3O7. The lowest BCUT2D eigenvalue weighted by atomic mass is 9.96. The normalized spacial score (nSPS) is 15.8. The van der Waals surface area contributed by atoms with Crippen LogP contribution in [0.5, 0.6) is 23.0 Å². The highest BCUT2D eigenvalue weighted by molar-refractivity contribution is 6.32. The number of nitriles is 1. The van der Waals surface area contributed by atoms with Crippen LogP contribution in [0.25, 0.3) is 16.0 Å². The van der Waals surface area contributed by atoms with Crippen molar-refractivity contribution in [2.24, 2.45) is 0 Å². The van der Waals surface area contributed by atoms with Crippen molar-refractivity contribution in [2.75, 3.05) is 19.8 Å². The summed E-state index contributed by atoms with van der Waals surface area (Å²) < 4.78 is 39.4. The van der Waals surface area contributed by atoms with E-state index in [1.54, 1.807) is 36.4 Å². The summed E-state index contributed by atoms with van der Waals surface area (Å²) in [5, 5.41) is 31.9. The number of fused-ring (bicyclic) bond motifs is 2. The Bertz CT molecular complexity index is 1990. The Balaban J connectivity index is 1.30. The van der Waals surface area contributed by atoms with E-state index in [1.807, 2.05) is 24.3 Å². The zero-order valence-electron chi connectivity index (χ0n) is 26.4. The number of aliphatic carboxylic acids is 1. The van der Waals surface area contributed by atoms with Gasteiger partial charge in [-0.15, -0.1) is 0 Å². The highest BCUT2D eigenvalue weighted by Gasteiger charge is 2.33. The lowest BCUT2D eigenvalue weighted by Crippen LogP contribution is -2.52. The zero-order chi connectivity index (χ0) is 34.7. The average Bonchev–Trinajstić information content (AvgIpc) is 3.53. The van der Waals surface area contributed by atoms with Crippen molar-refractivity contribution < 1.29 is 38.3 Å². The number of nitrogens with zero attached hydrogens (tertiary/aromatic N) is 2. The number of nitrogens with one attached hydrogen (secondary N) is 1. The number of aliphatic hydroxyl groups excluding tert-OH is 1. The fraction of sp³-hybridized carbons (Fsp3) is 0.270. The minimum absolute atomic E-state index is 0.0149. The van der Waals surface area contributed by atoms with E-state index in [-0.39, 0.29) is 36.2 Å². The molecule has 10 nitrogen and oxygen atoms in total. The van der Waals surface area contributed by atoms with Crippen LogP contribution in [-0.4, -0.2) is 41.5 Å². The molecule has 0 unspecified atom stereocenters. The van der Waals surface area contributed by atoms with Crippen molar-refractivity contribution >= 4 is 23.3 Å². The van der Waals surface area contributed by atoms with Crippen LogP contribution < -0.4 is 24.3 Å². The fourth-order valence-corrected chi connectivity index (χ4v) is 6.14. The smallest absolute Gasteiger partial charge is 0.326 e. The monoisotopic (exact) mass is 683 g/mol. The number of hydrogen-bond donors (Lipinski definition) is 3. The molecule has 250 valence electrons. The van der Waals surface area contributed by atoms with Gasteiger partial charge in [-0.1, -0.05) is 29.8 Å². The summed E-state index contributed by atoms with van der Waals surface area (Å²) in [6, 6.07) is 19.0. The number of benzene rings is 4. The number of aliphatic hydroxyl groups is 1. The number of rotatable bonds is 11. The maximum atomic E-state index is 15.6. The van der Waals surface area contributed by atoms with Gasteiger partial charge in [-0.3, -0.25) is 10.1 Å². The molecule has 0 fully saturated rings. The summed E-state index contributed by atoms with van der Waals surface area (Å²) in [5.74, 6) is -0.610. The molecule has 0 aromatic heterocycles. The molecule has 0 saturated carbocycles. The zero-order valence-corrected chi connectivity index (χ0v) is 27.1. The molecule has 0 saturated heterocycles. The minimum Gasteiger partial charge on any atom is -0.488 e. The summed E-state index contributed by atoms with van der Waals surface area (Å²) in [5.41, 5.74) is 3.01. The number of carboxylic acids is 1. The molecule has 3 N–H and O–H groups in total. The maximum Gasteiger partial charge on any atom is 0.326 e. The van der Waals surface area contributed by atoms with Crippen LogP contribution >= 0.6 is 11.6 Å². The van der Waals surface area contributed by atoms with E-state index in [4.69, 9.17) is 37.1 Å². The van der Waals surface area contributed by atoms with E-state index in [0.29, 0.717) is 59.0 Å². The van der Waals surface area contributed by atoms with Crippen molar-refractivity contribution in [3.8, 4) is 40.2 Å². The Morgan fingerprint density at radius 2 is 1.98 bits per heavy atom. The molecule has 1 heterocycles. The van der Waals surface area contributed by atoms with Gasteiger partial charge in [0.25, 0.3) is 0 Å². The first-order chi connectivity index (χ1) is 23.6. The molecule has 0 spiro atoms. The SMILES string of the molecule is [C-]#[N+]c1cc(C#N)cc(COc2cc(O[C@H]3CCc4c(-c5ccc6c(c5F)OCCO6)cccc43)c(Cl)cc2CN[C@@](C)(CO)C(=O)O)c1. The molecule has 2 atom stereocenters. The largest absolute Gasteiger partial charge is 0.488 e. The lowest BCUT2D eigenvalue weighted by molar-refractivity contribution is -0.145. The van der Waals surface area contributed by atoms with Gasteiger partial charge in [-0.05, 0) is 78.4 Å². The molecular weight excluding hydrogens is 653 g/mol. The van der Waals surface area contributed by atoms with Gasteiger partial charge in [0, 0.05) is 29.3 Å². The van der Waals surface area contributed by atoms with Gasteiger partial charge >= 0.3 is 5.97 Å². The van der Waals surface area contributed by atoms with E-state index in [2.05, 4.69) is 10.2 Å². The second kappa shape index (κ2) is 14.0. The van der Waals surface area contributed by atoms with Gasteiger partial charge in [-0.25, -0.2) is 9.24 Å². The van der Waals surface area contributed by atoms with Gasteiger partial charge in [0.05, 0.1) is 24.3 Å². The Morgan fingerprint density at radius 3 is 2.73 bits per heavy atom. The number of ether oxygens (including phenoxy) is 4. The number of hydrogen-bond acceptors (Lipinski definition) is 8. The molecule has 0 bridgehead atoms. The van der Waals surface area contributed by atoms with Crippen molar-refractivity contribution in [3.05, 3.63) is 111 Å². The molecule has 0 amide bonds. The first kappa shape index (κ1) is 33.6. The predicted molar refractivity (Wildman–Crippen MR) is 178 cm³/mol. The number of carboxylic acid groups (broad SMARTS) is 1. The predicted octanol–water partition coefficient (Wildman–Crippen LogP) is 6.91. The molecule has 1 aliphatic carbocycles. The van der Waals surface area contributed by atoms with Crippen LogP contribution in [0.3, 0.4) is 0 Å². The van der Waals surface area contributed by atoms with Gasteiger partial charge in [0.1, 0.15) is 43.0 Å². The minimum atomic E-state index is -1.63. The number of carbonyl (C=O) groups is 1. The summed E-state index contributed by atoms with van der Waals surface area (Å²) in [6.45, 7) is 8.65. The van der Waals surface area contributed by atoms with Crippen LogP contribution in [0.1, 0.15) is 47.3 Å². The van der Waals surface area contributed by atoms with Gasteiger partial charge in [0.15, 0.2) is 23.0 Å². The van der Waals surface area contributed by atoms with Crippen molar-refractivity contribution in [2.45, 2.75) is 44.6 Å². The molecule has 49 heavy (non-hydrogen) atoms.